The number of nitrogens with zero attached hydrogens (tertiary/aromatic N) is 2. The van der Waals surface area contributed by atoms with Gasteiger partial charge in [-0.2, -0.15) is 0 Å². The molecule has 0 atom stereocenters. The first-order chi connectivity index (χ1) is 12.4. The van der Waals surface area contributed by atoms with Crippen LogP contribution in [0.4, 0.5) is 0 Å². The van der Waals surface area contributed by atoms with E-state index in [0.29, 0.717) is 0 Å². The summed E-state index contributed by atoms with van der Waals surface area (Å²) in [5.41, 5.74) is 5.31. The van der Waals surface area contributed by atoms with Crippen LogP contribution in [-0.4, -0.2) is 9.55 Å². The Kier molecular flexibility index (Phi) is 4.01. The molecular weight excluding hydrogens is 304 g/mol. The van der Waals surface area contributed by atoms with E-state index in [2.05, 4.69) is 47.5 Å². The third kappa shape index (κ3) is 2.79. The number of aromatic nitrogens is 2. The second-order valence-corrected chi connectivity index (χ2v) is 5.78. The number of imidazole rings is 1. The molecule has 0 saturated carbocycles. The molecule has 2 nitrogen and oxygen atoms in total. The molecule has 0 unspecified atom stereocenters. The molecule has 0 aliphatic carbocycles. The van der Waals surface area contributed by atoms with Crippen molar-refractivity contribution >= 4 is 6.20 Å². The monoisotopic (exact) mass is 322 g/mol. The molecular formula is C23H18N2. The van der Waals surface area contributed by atoms with Crippen molar-refractivity contribution < 1.29 is 0 Å². The Hall–Kier alpha value is -3.39. The lowest BCUT2D eigenvalue weighted by molar-refractivity contribution is 1.15. The minimum atomic E-state index is 0.897. The molecule has 0 fully saturated rings. The fourth-order valence-electron chi connectivity index (χ4n) is 3.07. The van der Waals surface area contributed by atoms with Crippen molar-refractivity contribution in [2.24, 2.45) is 0 Å². The van der Waals surface area contributed by atoms with Crippen molar-refractivity contribution in [1.82, 2.24) is 9.55 Å². The van der Waals surface area contributed by atoms with Crippen molar-refractivity contribution in [3.63, 3.8) is 0 Å². The summed E-state index contributed by atoms with van der Waals surface area (Å²) in [5.74, 6) is 0.897. The van der Waals surface area contributed by atoms with E-state index < -0.39 is 0 Å². The fourth-order valence-corrected chi connectivity index (χ4v) is 3.07. The smallest absolute Gasteiger partial charge is 0.145 e. The first kappa shape index (κ1) is 15.2. The van der Waals surface area contributed by atoms with E-state index in [1.54, 1.807) is 0 Å². The van der Waals surface area contributed by atoms with Gasteiger partial charge in [0.05, 0.1) is 11.4 Å². The van der Waals surface area contributed by atoms with Crippen LogP contribution >= 0.6 is 0 Å². The Bertz CT molecular complexity index is 984. The van der Waals surface area contributed by atoms with Crippen LogP contribution in [0.25, 0.3) is 40.1 Å². The molecule has 0 saturated heterocycles. The Labute approximate surface area is 147 Å². The number of benzene rings is 3. The normalized spacial score (nSPS) is 10.6. The van der Waals surface area contributed by atoms with Gasteiger partial charge in [-0.15, -0.1) is 0 Å². The summed E-state index contributed by atoms with van der Waals surface area (Å²) in [4.78, 5) is 4.99. The number of rotatable bonds is 4. The van der Waals surface area contributed by atoms with Gasteiger partial charge in [-0.25, -0.2) is 4.98 Å². The maximum absolute atomic E-state index is 4.99. The van der Waals surface area contributed by atoms with Crippen LogP contribution in [0.2, 0.25) is 0 Å². The molecule has 0 aliphatic rings. The number of hydrogen-bond donors (Lipinski definition) is 0. The molecule has 2 heteroatoms. The summed E-state index contributed by atoms with van der Waals surface area (Å²) in [7, 11) is 0. The Morgan fingerprint density at radius 3 is 1.64 bits per heavy atom. The average molecular weight is 322 g/mol. The van der Waals surface area contributed by atoms with Gasteiger partial charge in [0.15, 0.2) is 0 Å². The summed E-state index contributed by atoms with van der Waals surface area (Å²) >= 11 is 0. The van der Waals surface area contributed by atoms with Gasteiger partial charge in [0.25, 0.3) is 0 Å². The van der Waals surface area contributed by atoms with Crippen molar-refractivity contribution in [3.8, 4) is 33.9 Å². The molecule has 0 amide bonds. The molecule has 0 aliphatic heterocycles. The van der Waals surface area contributed by atoms with E-state index in [-0.39, 0.29) is 0 Å². The zero-order valence-corrected chi connectivity index (χ0v) is 13.8. The van der Waals surface area contributed by atoms with Gasteiger partial charge in [0.2, 0.25) is 0 Å². The fraction of sp³-hybridized carbons (Fsp3) is 0. The Morgan fingerprint density at radius 2 is 1.12 bits per heavy atom. The van der Waals surface area contributed by atoms with Crippen molar-refractivity contribution in [2.45, 2.75) is 0 Å². The first-order valence-corrected chi connectivity index (χ1v) is 8.29. The van der Waals surface area contributed by atoms with Gasteiger partial charge >= 0.3 is 0 Å². The summed E-state index contributed by atoms with van der Waals surface area (Å²) in [6, 6.07) is 30.9. The van der Waals surface area contributed by atoms with E-state index in [4.69, 9.17) is 4.98 Å². The molecule has 3 aromatic carbocycles. The Morgan fingerprint density at radius 1 is 0.640 bits per heavy atom. The van der Waals surface area contributed by atoms with Crippen LogP contribution in [0.15, 0.2) is 97.6 Å². The molecule has 0 N–H and O–H groups in total. The highest BCUT2D eigenvalue weighted by molar-refractivity contribution is 5.83. The second-order valence-electron chi connectivity index (χ2n) is 5.78. The molecule has 0 spiro atoms. The topological polar surface area (TPSA) is 17.8 Å². The molecule has 1 heterocycles. The molecule has 0 radical (unpaired) electrons. The van der Waals surface area contributed by atoms with Gasteiger partial charge in [0, 0.05) is 22.9 Å². The summed E-state index contributed by atoms with van der Waals surface area (Å²) in [6.45, 7) is 4.03. The number of hydrogen-bond acceptors (Lipinski definition) is 1. The zero-order valence-electron chi connectivity index (χ0n) is 13.8. The summed E-state index contributed by atoms with van der Waals surface area (Å²) < 4.78 is 2.08. The predicted molar refractivity (Wildman–Crippen MR) is 105 cm³/mol. The van der Waals surface area contributed by atoms with E-state index in [1.165, 1.54) is 0 Å². The summed E-state index contributed by atoms with van der Waals surface area (Å²) in [6.07, 6.45) is 1.84. The molecule has 4 rings (SSSR count). The molecule has 0 bridgehead atoms. The average Bonchev–Trinajstić information content (AvgIpc) is 3.09. The minimum Gasteiger partial charge on any atom is -0.299 e. The maximum atomic E-state index is 4.99. The van der Waals surface area contributed by atoms with Gasteiger partial charge < -0.3 is 0 Å². The lowest BCUT2D eigenvalue weighted by atomic mass is 10.0. The van der Waals surface area contributed by atoms with E-state index >= 15 is 0 Å². The second kappa shape index (κ2) is 6.62. The third-order valence-corrected chi connectivity index (χ3v) is 4.22. The molecule has 1 aromatic heterocycles. The van der Waals surface area contributed by atoms with Gasteiger partial charge in [-0.05, 0) is 0 Å². The van der Waals surface area contributed by atoms with Gasteiger partial charge in [-0.3, -0.25) is 4.57 Å². The van der Waals surface area contributed by atoms with Gasteiger partial charge in [-0.1, -0.05) is 97.6 Å². The van der Waals surface area contributed by atoms with E-state index in [1.807, 2.05) is 60.8 Å². The highest BCUT2D eigenvalue weighted by atomic mass is 15.1. The molecule has 25 heavy (non-hydrogen) atoms. The van der Waals surface area contributed by atoms with Crippen LogP contribution in [0, 0.1) is 0 Å². The first-order valence-electron chi connectivity index (χ1n) is 8.29. The lowest BCUT2D eigenvalue weighted by Crippen LogP contribution is -1.94. The van der Waals surface area contributed by atoms with Crippen LogP contribution < -0.4 is 0 Å². The largest absolute Gasteiger partial charge is 0.299 e. The zero-order chi connectivity index (χ0) is 17.1. The minimum absolute atomic E-state index is 0.897. The van der Waals surface area contributed by atoms with Crippen LogP contribution in [0.3, 0.4) is 0 Å². The third-order valence-electron chi connectivity index (χ3n) is 4.22. The SMILES string of the molecule is C=Cn1c(-c2ccccc2)nc(-c2ccccc2)c1-c1ccccc1. The Balaban J connectivity index is 2.03. The van der Waals surface area contributed by atoms with Crippen molar-refractivity contribution in [2.75, 3.05) is 0 Å². The van der Waals surface area contributed by atoms with Crippen LogP contribution in [0.5, 0.6) is 0 Å². The quantitative estimate of drug-likeness (QED) is 0.451. The highest BCUT2D eigenvalue weighted by Crippen LogP contribution is 2.36. The van der Waals surface area contributed by atoms with E-state index in [9.17, 15) is 0 Å². The predicted octanol–water partition coefficient (Wildman–Crippen LogP) is 5.98. The maximum Gasteiger partial charge on any atom is 0.145 e. The van der Waals surface area contributed by atoms with Crippen LogP contribution in [-0.2, 0) is 0 Å². The molecule has 4 aromatic rings. The molecule has 120 valence electrons. The lowest BCUT2D eigenvalue weighted by Gasteiger charge is -2.08. The van der Waals surface area contributed by atoms with Crippen LogP contribution in [0.1, 0.15) is 0 Å². The highest BCUT2D eigenvalue weighted by Gasteiger charge is 2.19. The van der Waals surface area contributed by atoms with Gasteiger partial charge in [0.1, 0.15) is 5.82 Å². The van der Waals surface area contributed by atoms with Crippen molar-refractivity contribution in [1.29, 1.82) is 0 Å². The van der Waals surface area contributed by atoms with E-state index in [0.717, 1.165) is 33.9 Å². The summed E-state index contributed by atoms with van der Waals surface area (Å²) in [5, 5.41) is 0. The standard InChI is InChI=1S/C23H18N2/c1-2-25-22(19-14-8-4-9-15-19)21(18-12-6-3-7-13-18)24-23(25)20-16-10-5-11-17-20/h2-17H,1H2. The van der Waals surface area contributed by atoms with Crippen molar-refractivity contribution in [3.05, 3.63) is 97.6 Å².